The van der Waals surface area contributed by atoms with Gasteiger partial charge in [0, 0.05) is 11.6 Å². The molecule has 0 amide bonds. The summed E-state index contributed by atoms with van der Waals surface area (Å²) in [5.74, 6) is 0.328. The molecule has 1 atom stereocenters. The molecule has 0 radical (unpaired) electrons. The number of methoxy groups -OCH3 is 1. The molecule has 1 aliphatic rings. The fraction of sp³-hybridized carbons (Fsp3) is 0.500. The molecule has 1 unspecified atom stereocenters. The first-order valence-corrected chi connectivity index (χ1v) is 5.78. The SMILES string of the molecule is COc1c(Cl)cc(F)c(C)c1C1CCCN1. The average Bonchev–Trinajstić information content (AvgIpc) is 2.76. The lowest BCUT2D eigenvalue weighted by Crippen LogP contribution is -2.16. The highest BCUT2D eigenvalue weighted by molar-refractivity contribution is 6.32. The Labute approximate surface area is 99.7 Å². The van der Waals surface area contributed by atoms with Gasteiger partial charge in [0.15, 0.2) is 0 Å². The van der Waals surface area contributed by atoms with E-state index in [0.717, 1.165) is 24.9 Å². The molecule has 1 aliphatic heterocycles. The van der Waals surface area contributed by atoms with Crippen molar-refractivity contribution in [1.29, 1.82) is 0 Å². The van der Waals surface area contributed by atoms with E-state index in [1.165, 1.54) is 6.07 Å². The second kappa shape index (κ2) is 4.60. The quantitative estimate of drug-likeness (QED) is 0.861. The maximum atomic E-state index is 13.6. The van der Waals surface area contributed by atoms with Crippen molar-refractivity contribution in [1.82, 2.24) is 5.32 Å². The van der Waals surface area contributed by atoms with E-state index < -0.39 is 0 Å². The molecule has 1 saturated heterocycles. The molecule has 2 rings (SSSR count). The molecule has 88 valence electrons. The fourth-order valence-electron chi connectivity index (χ4n) is 2.27. The highest BCUT2D eigenvalue weighted by atomic mass is 35.5. The summed E-state index contributed by atoms with van der Waals surface area (Å²) in [6.45, 7) is 2.73. The molecule has 0 saturated carbocycles. The van der Waals surface area contributed by atoms with Gasteiger partial charge in [0.25, 0.3) is 0 Å². The van der Waals surface area contributed by atoms with Crippen LogP contribution >= 0.6 is 11.6 Å². The summed E-state index contributed by atoms with van der Waals surface area (Å²) in [7, 11) is 1.57. The van der Waals surface area contributed by atoms with Gasteiger partial charge in [0.2, 0.25) is 0 Å². The number of nitrogens with one attached hydrogen (secondary N) is 1. The van der Waals surface area contributed by atoms with Crippen LogP contribution in [0.3, 0.4) is 0 Å². The van der Waals surface area contributed by atoms with E-state index in [1.54, 1.807) is 14.0 Å². The van der Waals surface area contributed by atoms with Crippen molar-refractivity contribution in [3.8, 4) is 5.75 Å². The monoisotopic (exact) mass is 243 g/mol. The minimum absolute atomic E-state index is 0.156. The fourth-order valence-corrected chi connectivity index (χ4v) is 2.55. The van der Waals surface area contributed by atoms with Crippen molar-refractivity contribution in [2.75, 3.05) is 13.7 Å². The van der Waals surface area contributed by atoms with Crippen LogP contribution in [0.25, 0.3) is 0 Å². The van der Waals surface area contributed by atoms with Crippen LogP contribution in [0, 0.1) is 12.7 Å². The predicted molar refractivity (Wildman–Crippen MR) is 62.7 cm³/mol. The second-order valence-electron chi connectivity index (χ2n) is 4.06. The molecule has 4 heteroatoms. The van der Waals surface area contributed by atoms with Crippen LogP contribution in [0.15, 0.2) is 6.07 Å². The molecule has 1 N–H and O–H groups in total. The molecule has 0 bridgehead atoms. The van der Waals surface area contributed by atoms with Crippen LogP contribution in [0.1, 0.15) is 30.0 Å². The summed E-state index contributed by atoms with van der Waals surface area (Å²) in [5.41, 5.74) is 1.49. The van der Waals surface area contributed by atoms with Crippen molar-refractivity contribution >= 4 is 11.6 Å². The molecular weight excluding hydrogens is 229 g/mol. The van der Waals surface area contributed by atoms with E-state index >= 15 is 0 Å². The Morgan fingerprint density at radius 3 is 2.88 bits per heavy atom. The minimum Gasteiger partial charge on any atom is -0.495 e. The molecular formula is C12H15ClFNO. The summed E-state index contributed by atoms with van der Waals surface area (Å²) in [4.78, 5) is 0. The van der Waals surface area contributed by atoms with Gasteiger partial charge in [-0.15, -0.1) is 0 Å². The molecule has 0 spiro atoms. The van der Waals surface area contributed by atoms with Crippen molar-refractivity contribution in [3.63, 3.8) is 0 Å². The van der Waals surface area contributed by atoms with Crippen molar-refractivity contribution in [2.24, 2.45) is 0 Å². The lowest BCUT2D eigenvalue weighted by molar-refractivity contribution is 0.401. The first-order valence-electron chi connectivity index (χ1n) is 5.41. The number of rotatable bonds is 2. The van der Waals surface area contributed by atoms with Gasteiger partial charge in [0.1, 0.15) is 11.6 Å². The Hall–Kier alpha value is -0.800. The third-order valence-electron chi connectivity index (χ3n) is 3.09. The van der Waals surface area contributed by atoms with Gasteiger partial charge in [-0.1, -0.05) is 11.6 Å². The van der Waals surface area contributed by atoms with E-state index in [-0.39, 0.29) is 11.9 Å². The van der Waals surface area contributed by atoms with Crippen LogP contribution in [0.2, 0.25) is 5.02 Å². The van der Waals surface area contributed by atoms with Gasteiger partial charge >= 0.3 is 0 Å². The Kier molecular flexibility index (Phi) is 3.36. The summed E-state index contributed by atoms with van der Waals surface area (Å²) in [5, 5.41) is 3.68. The molecule has 16 heavy (non-hydrogen) atoms. The smallest absolute Gasteiger partial charge is 0.142 e. The van der Waals surface area contributed by atoms with E-state index in [2.05, 4.69) is 5.32 Å². The van der Waals surface area contributed by atoms with Crippen molar-refractivity contribution in [3.05, 3.63) is 28.0 Å². The number of benzene rings is 1. The van der Waals surface area contributed by atoms with Gasteiger partial charge in [-0.25, -0.2) is 4.39 Å². The summed E-state index contributed by atoms with van der Waals surface area (Å²) in [6.07, 6.45) is 2.10. The maximum absolute atomic E-state index is 13.6. The number of ether oxygens (including phenoxy) is 1. The number of hydrogen-bond donors (Lipinski definition) is 1. The van der Waals surface area contributed by atoms with Gasteiger partial charge < -0.3 is 10.1 Å². The lowest BCUT2D eigenvalue weighted by Gasteiger charge is -2.19. The van der Waals surface area contributed by atoms with Crippen LogP contribution in [0.4, 0.5) is 4.39 Å². The Morgan fingerprint density at radius 2 is 2.31 bits per heavy atom. The highest BCUT2D eigenvalue weighted by Crippen LogP contribution is 2.39. The first kappa shape index (κ1) is 11.7. The molecule has 1 aromatic carbocycles. The van der Waals surface area contributed by atoms with Gasteiger partial charge in [-0.3, -0.25) is 0 Å². The van der Waals surface area contributed by atoms with E-state index in [0.29, 0.717) is 16.3 Å². The first-order chi connectivity index (χ1) is 7.65. The molecule has 1 heterocycles. The number of hydrogen-bond acceptors (Lipinski definition) is 2. The van der Waals surface area contributed by atoms with Crippen molar-refractivity contribution in [2.45, 2.75) is 25.8 Å². The van der Waals surface area contributed by atoms with Gasteiger partial charge in [0.05, 0.1) is 12.1 Å². The number of halogens is 2. The zero-order chi connectivity index (χ0) is 11.7. The van der Waals surface area contributed by atoms with Crippen LogP contribution in [0.5, 0.6) is 5.75 Å². The van der Waals surface area contributed by atoms with Crippen LogP contribution < -0.4 is 10.1 Å². The standard InChI is InChI=1S/C12H15ClFNO/c1-7-9(14)6-8(13)12(16-2)11(7)10-4-3-5-15-10/h6,10,15H,3-5H2,1-2H3. The average molecular weight is 244 g/mol. The summed E-state index contributed by atoms with van der Waals surface area (Å²) in [6, 6.07) is 1.47. The van der Waals surface area contributed by atoms with Crippen molar-refractivity contribution < 1.29 is 9.13 Å². The van der Waals surface area contributed by atoms with E-state index in [9.17, 15) is 4.39 Å². The summed E-state index contributed by atoms with van der Waals surface area (Å²) < 4.78 is 18.9. The molecule has 2 nitrogen and oxygen atoms in total. The largest absolute Gasteiger partial charge is 0.495 e. The Morgan fingerprint density at radius 1 is 1.56 bits per heavy atom. The van der Waals surface area contributed by atoms with Crippen LogP contribution in [-0.4, -0.2) is 13.7 Å². The zero-order valence-corrected chi connectivity index (χ0v) is 10.2. The molecule has 0 aliphatic carbocycles. The normalized spacial score (nSPS) is 20.1. The third-order valence-corrected chi connectivity index (χ3v) is 3.37. The minimum atomic E-state index is -0.269. The predicted octanol–water partition coefficient (Wildman–Crippen LogP) is 3.22. The second-order valence-corrected chi connectivity index (χ2v) is 4.47. The van der Waals surface area contributed by atoms with E-state index in [4.69, 9.17) is 16.3 Å². The molecule has 0 aromatic heterocycles. The zero-order valence-electron chi connectivity index (χ0n) is 9.44. The lowest BCUT2D eigenvalue weighted by atomic mass is 9.98. The highest BCUT2D eigenvalue weighted by Gasteiger charge is 2.25. The van der Waals surface area contributed by atoms with Crippen LogP contribution in [-0.2, 0) is 0 Å². The Bertz CT molecular complexity index is 402. The maximum Gasteiger partial charge on any atom is 0.142 e. The van der Waals surface area contributed by atoms with Gasteiger partial charge in [-0.2, -0.15) is 0 Å². The molecule has 1 aromatic rings. The molecule has 1 fully saturated rings. The van der Waals surface area contributed by atoms with Gasteiger partial charge in [-0.05, 0) is 37.9 Å². The topological polar surface area (TPSA) is 21.3 Å². The third kappa shape index (κ3) is 1.89. The summed E-state index contributed by atoms with van der Waals surface area (Å²) >= 11 is 5.99. The Balaban J connectivity index is 2.54. The van der Waals surface area contributed by atoms with E-state index in [1.807, 2.05) is 0 Å².